The van der Waals surface area contributed by atoms with E-state index in [-0.39, 0.29) is 0 Å². The molecule has 3 heterocycles. The largest absolute Gasteiger partial charge is 0.344 e. The van der Waals surface area contributed by atoms with Crippen LogP contribution in [0.5, 0.6) is 0 Å². The van der Waals surface area contributed by atoms with Crippen molar-refractivity contribution >= 4 is 11.0 Å². The van der Waals surface area contributed by atoms with Crippen LogP contribution in [0.15, 0.2) is 12.5 Å². The van der Waals surface area contributed by atoms with Gasteiger partial charge < -0.3 is 9.88 Å². The number of rotatable bonds is 0. The number of hydrogen-bond acceptors (Lipinski definition) is 3. The molecule has 1 fully saturated rings. The van der Waals surface area contributed by atoms with Crippen LogP contribution in [0.3, 0.4) is 0 Å². The van der Waals surface area contributed by atoms with Crippen molar-refractivity contribution in [2.45, 2.75) is 31.3 Å². The maximum absolute atomic E-state index is 4.45. The lowest BCUT2D eigenvalue weighted by molar-refractivity contribution is 0.454. The first-order valence-corrected chi connectivity index (χ1v) is 5.80. The van der Waals surface area contributed by atoms with Gasteiger partial charge in [0.1, 0.15) is 6.33 Å². The number of aryl methyl sites for hydroxylation is 1. The summed E-state index contributed by atoms with van der Waals surface area (Å²) >= 11 is 0. The second kappa shape index (κ2) is 2.63. The predicted molar refractivity (Wildman–Crippen MR) is 61.0 cm³/mol. The summed E-state index contributed by atoms with van der Waals surface area (Å²) in [6.07, 6.45) is 7.34. The van der Waals surface area contributed by atoms with Gasteiger partial charge in [-0.1, -0.05) is 0 Å². The van der Waals surface area contributed by atoms with Crippen LogP contribution in [0.2, 0.25) is 0 Å². The second-order valence-corrected chi connectivity index (χ2v) is 5.05. The van der Waals surface area contributed by atoms with E-state index in [2.05, 4.69) is 26.9 Å². The zero-order chi connectivity index (χ0) is 10.8. The minimum atomic E-state index is 0.409. The van der Waals surface area contributed by atoms with Crippen molar-refractivity contribution in [2.75, 3.05) is 0 Å². The quantitative estimate of drug-likeness (QED) is 0.715. The van der Waals surface area contributed by atoms with Gasteiger partial charge in [-0.3, -0.25) is 0 Å². The van der Waals surface area contributed by atoms with Gasteiger partial charge in [0, 0.05) is 30.4 Å². The number of nitrogens with one attached hydrogen (secondary N) is 1. The van der Waals surface area contributed by atoms with Crippen LogP contribution in [0, 0.1) is 0 Å². The normalized spacial score (nSPS) is 21.3. The summed E-state index contributed by atoms with van der Waals surface area (Å²) in [7, 11) is 2.11. The van der Waals surface area contributed by atoms with Crippen LogP contribution in [0.4, 0.5) is 0 Å². The van der Waals surface area contributed by atoms with Crippen molar-refractivity contribution in [1.82, 2.24) is 19.9 Å². The topological polar surface area (TPSA) is 42.7 Å². The first kappa shape index (κ1) is 8.70. The van der Waals surface area contributed by atoms with Crippen molar-refractivity contribution in [3.05, 3.63) is 23.8 Å². The Bertz CT molecular complexity index is 580. The summed E-state index contributed by atoms with van der Waals surface area (Å²) in [5.74, 6) is 0. The Morgan fingerprint density at radius 1 is 1.44 bits per heavy atom. The lowest BCUT2D eigenvalue weighted by Gasteiger charge is -2.24. The average Bonchev–Trinajstić information content (AvgIpc) is 3.01. The Labute approximate surface area is 93.7 Å². The first-order valence-electron chi connectivity index (χ1n) is 5.80. The van der Waals surface area contributed by atoms with Crippen molar-refractivity contribution < 1.29 is 0 Å². The molecule has 4 heteroatoms. The third-order valence-corrected chi connectivity index (χ3v) is 4.09. The standard InChI is InChI=1S/C12H14N4/c1-16-9-6-15-12(2-3-12)4-8(9)11-10(16)5-13-7-14-11/h5,7,15H,2-4,6H2,1H3. The molecule has 0 bridgehead atoms. The summed E-state index contributed by atoms with van der Waals surface area (Å²) in [6, 6.07) is 0. The zero-order valence-corrected chi connectivity index (χ0v) is 9.32. The predicted octanol–water partition coefficient (Wildman–Crippen LogP) is 1.15. The smallest absolute Gasteiger partial charge is 0.116 e. The molecule has 1 spiro atoms. The van der Waals surface area contributed by atoms with Crippen molar-refractivity contribution in [1.29, 1.82) is 0 Å². The fourth-order valence-corrected chi connectivity index (χ4v) is 2.87. The number of hydrogen-bond donors (Lipinski definition) is 1. The SMILES string of the molecule is Cn1c2c(c3ncncc31)CC1(CC1)NC2. The van der Waals surface area contributed by atoms with Gasteiger partial charge in [0.2, 0.25) is 0 Å². The van der Waals surface area contributed by atoms with Crippen LogP contribution in [0.25, 0.3) is 11.0 Å². The lowest BCUT2D eigenvalue weighted by Crippen LogP contribution is -2.38. The number of nitrogens with zero attached hydrogens (tertiary/aromatic N) is 3. The Morgan fingerprint density at radius 3 is 3.12 bits per heavy atom. The Balaban J connectivity index is 2.01. The molecule has 82 valence electrons. The molecule has 0 radical (unpaired) electrons. The molecule has 4 nitrogen and oxygen atoms in total. The van der Waals surface area contributed by atoms with E-state index in [9.17, 15) is 0 Å². The van der Waals surface area contributed by atoms with Gasteiger partial charge in [-0.15, -0.1) is 0 Å². The van der Waals surface area contributed by atoms with Gasteiger partial charge >= 0.3 is 0 Å². The third kappa shape index (κ3) is 0.976. The molecule has 0 aromatic carbocycles. The summed E-state index contributed by atoms with van der Waals surface area (Å²) in [4.78, 5) is 8.57. The fourth-order valence-electron chi connectivity index (χ4n) is 2.87. The Hall–Kier alpha value is -1.42. The second-order valence-electron chi connectivity index (χ2n) is 5.05. The van der Waals surface area contributed by atoms with Crippen molar-refractivity contribution in [2.24, 2.45) is 7.05 Å². The highest BCUT2D eigenvalue weighted by atomic mass is 15.1. The molecular weight excluding hydrogens is 200 g/mol. The van der Waals surface area contributed by atoms with Gasteiger partial charge in [-0.05, 0) is 19.3 Å². The van der Waals surface area contributed by atoms with Crippen LogP contribution in [-0.4, -0.2) is 20.1 Å². The minimum Gasteiger partial charge on any atom is -0.344 e. The summed E-state index contributed by atoms with van der Waals surface area (Å²) < 4.78 is 2.23. The van der Waals surface area contributed by atoms with Crippen LogP contribution < -0.4 is 5.32 Å². The van der Waals surface area contributed by atoms with Crippen LogP contribution in [0.1, 0.15) is 24.1 Å². The highest BCUT2D eigenvalue weighted by molar-refractivity contribution is 5.81. The number of fused-ring (bicyclic) bond motifs is 3. The van der Waals surface area contributed by atoms with E-state index in [1.54, 1.807) is 6.33 Å². The Kier molecular flexibility index (Phi) is 1.43. The molecule has 0 saturated heterocycles. The maximum Gasteiger partial charge on any atom is 0.116 e. The molecule has 4 rings (SSSR count). The molecule has 0 atom stereocenters. The van der Waals surface area contributed by atoms with Gasteiger partial charge in [0.15, 0.2) is 0 Å². The molecule has 16 heavy (non-hydrogen) atoms. The van der Waals surface area contributed by atoms with E-state index in [0.29, 0.717) is 5.54 Å². The lowest BCUT2D eigenvalue weighted by atomic mass is 9.99. The minimum absolute atomic E-state index is 0.409. The summed E-state index contributed by atoms with van der Waals surface area (Å²) in [5.41, 5.74) is 5.54. The van der Waals surface area contributed by atoms with Crippen LogP contribution in [-0.2, 0) is 20.0 Å². The Morgan fingerprint density at radius 2 is 2.31 bits per heavy atom. The summed E-state index contributed by atoms with van der Waals surface area (Å²) in [6.45, 7) is 0.974. The molecule has 1 aliphatic heterocycles. The molecule has 2 aromatic heterocycles. The molecule has 0 unspecified atom stereocenters. The summed E-state index contributed by atoms with van der Waals surface area (Å²) in [5, 5.41) is 3.66. The molecule has 2 aromatic rings. The average molecular weight is 214 g/mol. The van der Waals surface area contributed by atoms with Gasteiger partial charge in [0.05, 0.1) is 17.2 Å². The molecule has 2 aliphatic rings. The molecule has 1 N–H and O–H groups in total. The van der Waals surface area contributed by atoms with Crippen LogP contribution >= 0.6 is 0 Å². The van der Waals surface area contributed by atoms with Gasteiger partial charge in [0.25, 0.3) is 0 Å². The number of aromatic nitrogens is 3. The van der Waals surface area contributed by atoms with Crippen molar-refractivity contribution in [3.8, 4) is 0 Å². The first-order chi connectivity index (χ1) is 7.79. The van der Waals surface area contributed by atoms with Gasteiger partial charge in [-0.25, -0.2) is 9.97 Å². The third-order valence-electron chi connectivity index (χ3n) is 4.09. The molecule has 0 amide bonds. The van der Waals surface area contributed by atoms with E-state index < -0.39 is 0 Å². The van der Waals surface area contributed by atoms with Gasteiger partial charge in [-0.2, -0.15) is 0 Å². The molecule has 1 aliphatic carbocycles. The van der Waals surface area contributed by atoms with E-state index in [4.69, 9.17) is 0 Å². The van der Waals surface area contributed by atoms with E-state index >= 15 is 0 Å². The fraction of sp³-hybridized carbons (Fsp3) is 0.500. The molecule has 1 saturated carbocycles. The maximum atomic E-state index is 4.45. The highest BCUT2D eigenvalue weighted by Gasteiger charge is 2.46. The zero-order valence-electron chi connectivity index (χ0n) is 9.32. The van der Waals surface area contributed by atoms with Crippen molar-refractivity contribution in [3.63, 3.8) is 0 Å². The molecular formula is C12H14N4. The van der Waals surface area contributed by atoms with E-state index in [0.717, 1.165) is 24.0 Å². The highest BCUT2D eigenvalue weighted by Crippen LogP contribution is 2.43. The monoisotopic (exact) mass is 214 g/mol. The van der Waals surface area contributed by atoms with E-state index in [1.165, 1.54) is 24.1 Å². The van der Waals surface area contributed by atoms with E-state index in [1.807, 2.05) is 6.20 Å².